The van der Waals surface area contributed by atoms with Gasteiger partial charge in [-0.2, -0.15) is 0 Å². The van der Waals surface area contributed by atoms with Crippen LogP contribution in [0.4, 0.5) is 0 Å². The van der Waals surface area contributed by atoms with Gasteiger partial charge in [-0.15, -0.1) is 0 Å². The van der Waals surface area contributed by atoms with Crippen molar-refractivity contribution >= 4 is 7.14 Å². The Hall–Kier alpha value is 0.230. The van der Waals surface area contributed by atoms with E-state index in [9.17, 15) is 4.57 Å². The summed E-state index contributed by atoms with van der Waals surface area (Å²) in [6.07, 6.45) is 6.18. The number of hydrogen-bond acceptors (Lipinski definition) is 1. The Morgan fingerprint density at radius 3 is 2.11 bits per heavy atom. The van der Waals surface area contributed by atoms with Crippen LogP contribution in [0.2, 0.25) is 0 Å². The average Bonchev–Trinajstić information content (AvgIpc) is 2.27. The molecule has 3 aliphatic carbocycles. The fourth-order valence-corrected chi connectivity index (χ4v) is 10.1. The van der Waals surface area contributed by atoms with Crippen molar-refractivity contribution < 1.29 is 4.57 Å². The fraction of sp³-hybridized carbons (Fsp3) is 1.00. The van der Waals surface area contributed by atoms with E-state index in [1.165, 1.54) is 19.3 Å². The van der Waals surface area contributed by atoms with Gasteiger partial charge in [0.05, 0.1) is 7.14 Å². The zero-order chi connectivity index (χ0) is 14.3. The first-order valence-electron chi connectivity index (χ1n) is 8.09. The number of rotatable bonds is 2. The first kappa shape index (κ1) is 14.2. The monoisotopic (exact) mass is 282 g/mol. The summed E-state index contributed by atoms with van der Waals surface area (Å²) >= 11 is 0. The highest BCUT2D eigenvalue weighted by atomic mass is 31.2. The van der Waals surface area contributed by atoms with Gasteiger partial charge in [0.1, 0.15) is 0 Å². The topological polar surface area (TPSA) is 17.1 Å². The SMILES string of the molecule is CC1(C)[C@H]2CC[C@@H](C[P@]3(=O)CC(C)(C)C3(C)C)[C@@H]1C2. The minimum Gasteiger partial charge on any atom is -0.323 e. The molecular weight excluding hydrogens is 251 g/mol. The largest absolute Gasteiger partial charge is 0.323 e. The summed E-state index contributed by atoms with van der Waals surface area (Å²) in [5.74, 6) is 2.57. The van der Waals surface area contributed by atoms with E-state index in [-0.39, 0.29) is 10.6 Å². The molecule has 0 spiro atoms. The summed E-state index contributed by atoms with van der Waals surface area (Å²) in [6, 6.07) is 0. The lowest BCUT2D eigenvalue weighted by Crippen LogP contribution is -2.57. The van der Waals surface area contributed by atoms with Crippen LogP contribution in [0.5, 0.6) is 0 Å². The molecule has 2 bridgehead atoms. The van der Waals surface area contributed by atoms with Crippen LogP contribution in [-0.2, 0) is 4.57 Å². The standard InChI is InChI=1S/C17H31OP/c1-15(2)11-19(18,17(15,5)6)10-12-7-8-13-9-14(12)16(13,3)4/h12-14H,7-11H2,1-6H3/t12-,13-,14-,19-/m0/s1. The predicted molar refractivity (Wildman–Crippen MR) is 83.3 cm³/mol. The lowest BCUT2D eigenvalue weighted by atomic mass is 9.46. The van der Waals surface area contributed by atoms with Crippen molar-refractivity contribution in [3.8, 4) is 0 Å². The minimum absolute atomic E-state index is 0.0603. The van der Waals surface area contributed by atoms with Crippen LogP contribution in [0.25, 0.3) is 0 Å². The maximum atomic E-state index is 13.4. The molecular formula is C17H31OP. The van der Waals surface area contributed by atoms with E-state index in [1.807, 2.05) is 0 Å². The van der Waals surface area contributed by atoms with Gasteiger partial charge < -0.3 is 4.57 Å². The Balaban J connectivity index is 1.75. The van der Waals surface area contributed by atoms with E-state index in [2.05, 4.69) is 41.5 Å². The van der Waals surface area contributed by atoms with E-state index in [0.29, 0.717) is 5.41 Å². The van der Waals surface area contributed by atoms with E-state index in [4.69, 9.17) is 0 Å². The van der Waals surface area contributed by atoms with Crippen molar-refractivity contribution in [2.24, 2.45) is 28.6 Å². The molecule has 3 saturated carbocycles. The normalized spacial score (nSPS) is 49.1. The van der Waals surface area contributed by atoms with E-state index < -0.39 is 7.14 Å². The maximum Gasteiger partial charge on any atom is 0.0944 e. The second-order valence-electron chi connectivity index (χ2n) is 9.37. The molecule has 0 aromatic rings. The van der Waals surface area contributed by atoms with Crippen molar-refractivity contribution in [1.82, 2.24) is 0 Å². The molecule has 0 amide bonds. The zero-order valence-electron chi connectivity index (χ0n) is 13.6. The molecule has 19 heavy (non-hydrogen) atoms. The van der Waals surface area contributed by atoms with Crippen molar-refractivity contribution in [2.75, 3.05) is 12.3 Å². The summed E-state index contributed by atoms with van der Waals surface area (Å²) in [6.45, 7) is 14.0. The van der Waals surface area contributed by atoms with Gasteiger partial charge in [-0.25, -0.2) is 0 Å². The quantitative estimate of drug-likeness (QED) is 0.633. The van der Waals surface area contributed by atoms with E-state index in [1.54, 1.807) is 0 Å². The van der Waals surface area contributed by atoms with Crippen LogP contribution in [0, 0.1) is 28.6 Å². The number of hydrogen-bond donors (Lipinski definition) is 0. The minimum atomic E-state index is -1.95. The summed E-state index contributed by atoms with van der Waals surface area (Å²) < 4.78 is 13.4. The number of fused-ring (bicyclic) bond motifs is 2. The Kier molecular flexibility index (Phi) is 2.76. The Labute approximate surface area is 119 Å². The van der Waals surface area contributed by atoms with Crippen LogP contribution in [0.1, 0.15) is 60.8 Å². The molecule has 4 fully saturated rings. The summed E-state index contributed by atoms with van der Waals surface area (Å²) in [7, 11) is -1.95. The summed E-state index contributed by atoms with van der Waals surface area (Å²) in [5, 5.41) is 0.0603. The Bertz CT molecular complexity index is 444. The Morgan fingerprint density at radius 2 is 1.68 bits per heavy atom. The highest BCUT2D eigenvalue weighted by Gasteiger charge is 2.64. The average molecular weight is 282 g/mol. The lowest BCUT2D eigenvalue weighted by molar-refractivity contribution is -0.0982. The van der Waals surface area contributed by atoms with Crippen LogP contribution in [-0.4, -0.2) is 17.5 Å². The molecule has 0 unspecified atom stereocenters. The molecule has 1 aliphatic heterocycles. The molecule has 0 N–H and O–H groups in total. The predicted octanol–water partition coefficient (Wildman–Crippen LogP) is 5.24. The molecule has 110 valence electrons. The third kappa shape index (κ3) is 1.63. The first-order chi connectivity index (χ1) is 8.51. The van der Waals surface area contributed by atoms with Crippen molar-refractivity contribution in [2.45, 2.75) is 66.0 Å². The van der Waals surface area contributed by atoms with Crippen molar-refractivity contribution in [3.05, 3.63) is 0 Å². The smallest absolute Gasteiger partial charge is 0.0944 e. The molecule has 1 saturated heterocycles. The van der Waals surface area contributed by atoms with Crippen LogP contribution < -0.4 is 0 Å². The van der Waals surface area contributed by atoms with E-state index >= 15 is 0 Å². The second-order valence-corrected chi connectivity index (χ2v) is 12.9. The lowest BCUT2D eigenvalue weighted by Gasteiger charge is -2.64. The highest BCUT2D eigenvalue weighted by Crippen LogP contribution is 2.78. The molecule has 4 aliphatic rings. The second kappa shape index (κ2) is 3.70. The summed E-state index contributed by atoms with van der Waals surface area (Å²) in [4.78, 5) is 0. The third-order valence-corrected chi connectivity index (χ3v) is 12.9. The maximum absolute atomic E-state index is 13.4. The van der Waals surface area contributed by atoms with Gasteiger partial charge in [0.15, 0.2) is 0 Å². The molecule has 2 heteroatoms. The van der Waals surface area contributed by atoms with Gasteiger partial charge in [-0.1, -0.05) is 41.5 Å². The van der Waals surface area contributed by atoms with Crippen LogP contribution in [0.15, 0.2) is 0 Å². The first-order valence-corrected chi connectivity index (χ1v) is 10.2. The molecule has 1 nitrogen and oxygen atoms in total. The van der Waals surface area contributed by atoms with Gasteiger partial charge in [-0.3, -0.25) is 0 Å². The van der Waals surface area contributed by atoms with Crippen LogP contribution in [0.3, 0.4) is 0 Å². The molecule has 0 radical (unpaired) electrons. The fourth-order valence-electron chi connectivity index (χ4n) is 5.34. The zero-order valence-corrected chi connectivity index (χ0v) is 14.5. The van der Waals surface area contributed by atoms with Crippen molar-refractivity contribution in [3.63, 3.8) is 0 Å². The Morgan fingerprint density at radius 1 is 1.05 bits per heavy atom. The summed E-state index contributed by atoms with van der Waals surface area (Å²) in [5.41, 5.74) is 0.807. The van der Waals surface area contributed by atoms with Gasteiger partial charge in [0, 0.05) is 17.5 Å². The molecule has 1 heterocycles. The van der Waals surface area contributed by atoms with Gasteiger partial charge >= 0.3 is 0 Å². The van der Waals surface area contributed by atoms with Gasteiger partial charge in [0.2, 0.25) is 0 Å². The van der Waals surface area contributed by atoms with E-state index in [0.717, 1.165) is 30.1 Å². The van der Waals surface area contributed by atoms with Gasteiger partial charge in [-0.05, 0) is 47.8 Å². The van der Waals surface area contributed by atoms with Crippen molar-refractivity contribution in [1.29, 1.82) is 0 Å². The molecule has 4 atom stereocenters. The molecule has 0 aromatic heterocycles. The van der Waals surface area contributed by atoms with Crippen LogP contribution >= 0.6 is 7.14 Å². The third-order valence-electron chi connectivity index (χ3n) is 7.86. The molecule has 4 rings (SSSR count). The molecule has 0 aromatic carbocycles. The highest BCUT2D eigenvalue weighted by molar-refractivity contribution is 7.67. The van der Waals surface area contributed by atoms with Gasteiger partial charge in [0.25, 0.3) is 0 Å².